The molecule has 9 heteroatoms. The van der Waals surface area contributed by atoms with Gasteiger partial charge in [-0.2, -0.15) is 0 Å². The number of carbonyl (C=O) groups excluding carboxylic acids is 2. The van der Waals surface area contributed by atoms with Crippen LogP contribution >= 0.6 is 34.7 Å². The monoisotopic (exact) mass is 381 g/mol. The normalized spacial score (nSPS) is 15.8. The third-order valence-electron chi connectivity index (χ3n) is 3.14. The van der Waals surface area contributed by atoms with Crippen molar-refractivity contribution in [1.82, 2.24) is 5.43 Å². The number of methoxy groups -OCH3 is 1. The lowest BCUT2D eigenvalue weighted by molar-refractivity contribution is -0.115. The molecule has 0 aliphatic carbocycles. The van der Waals surface area contributed by atoms with Crippen LogP contribution in [0.5, 0.6) is 5.75 Å². The highest BCUT2D eigenvalue weighted by Crippen LogP contribution is 2.33. The van der Waals surface area contributed by atoms with E-state index in [1.54, 1.807) is 30.3 Å². The molecule has 1 saturated heterocycles. The maximum absolute atomic E-state index is 12.2. The number of thioether (sulfide) groups is 1. The first kappa shape index (κ1) is 16.8. The Morgan fingerprint density at radius 1 is 1.33 bits per heavy atom. The number of anilines is 1. The first-order valence-electron chi connectivity index (χ1n) is 6.82. The molecule has 2 amide bonds. The predicted octanol–water partition coefficient (Wildman–Crippen LogP) is 3.19. The first-order valence-corrected chi connectivity index (χ1v) is 9.00. The minimum Gasteiger partial charge on any atom is -0.495 e. The van der Waals surface area contributed by atoms with Crippen LogP contribution in [-0.4, -0.2) is 29.8 Å². The number of amidine groups is 1. The summed E-state index contributed by atoms with van der Waals surface area (Å²) in [4.78, 5) is 26.2. The summed E-state index contributed by atoms with van der Waals surface area (Å²) < 4.78 is 5.82. The zero-order valence-electron chi connectivity index (χ0n) is 12.5. The summed E-state index contributed by atoms with van der Waals surface area (Å²) in [5.41, 5.74) is 3.04. The minimum atomic E-state index is -0.376. The highest BCUT2D eigenvalue weighted by atomic mass is 35.5. The number of benzene rings is 1. The summed E-state index contributed by atoms with van der Waals surface area (Å²) in [7, 11) is 1.53. The SMILES string of the molecule is COc1ccccc1N1C(=O)CS/C1=N/NC(=O)c1ccc(Cl)s1. The van der Waals surface area contributed by atoms with Crippen molar-refractivity contribution >= 4 is 57.4 Å². The summed E-state index contributed by atoms with van der Waals surface area (Å²) in [6.45, 7) is 0. The highest BCUT2D eigenvalue weighted by Gasteiger charge is 2.32. The zero-order valence-corrected chi connectivity index (χ0v) is 14.9. The van der Waals surface area contributed by atoms with Gasteiger partial charge in [-0.3, -0.25) is 14.5 Å². The molecular formula is C15H12ClN3O3S2. The van der Waals surface area contributed by atoms with Gasteiger partial charge < -0.3 is 4.74 Å². The number of hydrogen-bond donors (Lipinski definition) is 1. The third kappa shape index (κ3) is 3.40. The highest BCUT2D eigenvalue weighted by molar-refractivity contribution is 8.15. The van der Waals surface area contributed by atoms with E-state index in [0.717, 1.165) is 11.3 Å². The van der Waals surface area contributed by atoms with Gasteiger partial charge in [0.1, 0.15) is 5.75 Å². The molecule has 1 aliphatic heterocycles. The maximum atomic E-state index is 12.2. The first-order chi connectivity index (χ1) is 11.6. The molecule has 1 aliphatic rings. The molecule has 1 aromatic carbocycles. The van der Waals surface area contributed by atoms with Crippen LogP contribution in [0.15, 0.2) is 41.5 Å². The molecule has 6 nitrogen and oxygen atoms in total. The molecule has 1 N–H and O–H groups in total. The van der Waals surface area contributed by atoms with E-state index in [0.29, 0.717) is 25.8 Å². The molecule has 1 aromatic heterocycles. The van der Waals surface area contributed by atoms with Crippen LogP contribution in [-0.2, 0) is 4.79 Å². The van der Waals surface area contributed by atoms with Gasteiger partial charge in [-0.1, -0.05) is 35.5 Å². The molecule has 124 valence electrons. The van der Waals surface area contributed by atoms with E-state index in [1.807, 2.05) is 6.07 Å². The number of rotatable bonds is 4. The van der Waals surface area contributed by atoms with Gasteiger partial charge in [0, 0.05) is 0 Å². The van der Waals surface area contributed by atoms with E-state index in [4.69, 9.17) is 16.3 Å². The second kappa shape index (κ2) is 7.25. The van der Waals surface area contributed by atoms with Crippen LogP contribution in [0.1, 0.15) is 9.67 Å². The lowest BCUT2D eigenvalue weighted by Crippen LogP contribution is -2.31. The number of nitrogens with zero attached hydrogens (tertiary/aromatic N) is 2. The lowest BCUT2D eigenvalue weighted by atomic mass is 10.2. The number of para-hydroxylation sites is 2. The number of ether oxygens (including phenoxy) is 1. The number of halogens is 1. The van der Waals surface area contributed by atoms with Crippen molar-refractivity contribution in [3.8, 4) is 5.75 Å². The van der Waals surface area contributed by atoms with Gasteiger partial charge in [-0.25, -0.2) is 5.43 Å². The second-order valence-corrected chi connectivity index (χ2v) is 7.29. The molecular weight excluding hydrogens is 370 g/mol. The van der Waals surface area contributed by atoms with Crippen LogP contribution in [0.4, 0.5) is 5.69 Å². The predicted molar refractivity (Wildman–Crippen MR) is 97.2 cm³/mol. The smallest absolute Gasteiger partial charge is 0.281 e. The molecule has 0 unspecified atom stereocenters. The Morgan fingerprint density at radius 2 is 2.12 bits per heavy atom. The Balaban J connectivity index is 1.84. The summed E-state index contributed by atoms with van der Waals surface area (Å²) in [6, 6.07) is 10.4. The van der Waals surface area contributed by atoms with Crippen molar-refractivity contribution in [2.24, 2.45) is 5.10 Å². The molecule has 0 spiro atoms. The Kier molecular flexibility index (Phi) is 5.08. The number of carbonyl (C=O) groups is 2. The molecule has 0 bridgehead atoms. The molecule has 0 atom stereocenters. The fourth-order valence-electron chi connectivity index (χ4n) is 2.09. The van der Waals surface area contributed by atoms with Crippen LogP contribution in [0, 0.1) is 0 Å². The Hall–Kier alpha value is -2.03. The summed E-state index contributed by atoms with van der Waals surface area (Å²) in [6.07, 6.45) is 0. The van der Waals surface area contributed by atoms with Crippen molar-refractivity contribution in [2.75, 3.05) is 17.8 Å². The Bertz CT molecular complexity index is 822. The quantitative estimate of drug-likeness (QED) is 0.825. The Labute approximate surface area is 151 Å². The fraction of sp³-hybridized carbons (Fsp3) is 0.133. The van der Waals surface area contributed by atoms with Gasteiger partial charge in [-0.15, -0.1) is 16.4 Å². The zero-order chi connectivity index (χ0) is 17.1. The summed E-state index contributed by atoms with van der Waals surface area (Å²) >= 11 is 8.23. The molecule has 24 heavy (non-hydrogen) atoms. The van der Waals surface area contributed by atoms with Gasteiger partial charge >= 0.3 is 0 Å². The van der Waals surface area contributed by atoms with Crippen LogP contribution in [0.2, 0.25) is 4.34 Å². The van der Waals surface area contributed by atoms with Crippen molar-refractivity contribution in [3.63, 3.8) is 0 Å². The molecule has 2 heterocycles. The van der Waals surface area contributed by atoms with Crippen LogP contribution in [0.25, 0.3) is 0 Å². The number of amides is 2. The van der Waals surface area contributed by atoms with E-state index in [9.17, 15) is 9.59 Å². The molecule has 0 saturated carbocycles. The van der Waals surface area contributed by atoms with Crippen LogP contribution in [0.3, 0.4) is 0 Å². The number of thiophene rings is 1. The van der Waals surface area contributed by atoms with Gasteiger partial charge in [0.2, 0.25) is 5.91 Å². The van der Waals surface area contributed by atoms with Gasteiger partial charge in [0.05, 0.1) is 27.8 Å². The van der Waals surface area contributed by atoms with Gasteiger partial charge in [0.15, 0.2) is 5.17 Å². The van der Waals surface area contributed by atoms with E-state index >= 15 is 0 Å². The fourth-order valence-corrected chi connectivity index (χ4v) is 3.84. The van der Waals surface area contributed by atoms with Crippen molar-refractivity contribution < 1.29 is 14.3 Å². The van der Waals surface area contributed by atoms with E-state index < -0.39 is 0 Å². The van der Waals surface area contributed by atoms with E-state index in [-0.39, 0.29) is 17.6 Å². The average Bonchev–Trinajstić information content (AvgIpc) is 3.18. The molecule has 3 rings (SSSR count). The summed E-state index contributed by atoms with van der Waals surface area (Å²) in [5, 5.41) is 4.47. The topological polar surface area (TPSA) is 71.0 Å². The maximum Gasteiger partial charge on any atom is 0.281 e. The molecule has 2 aromatic rings. The van der Waals surface area contributed by atoms with E-state index in [1.165, 1.54) is 23.8 Å². The lowest BCUT2D eigenvalue weighted by Gasteiger charge is -2.18. The molecule has 1 fully saturated rings. The van der Waals surface area contributed by atoms with Gasteiger partial charge in [0.25, 0.3) is 5.91 Å². The largest absolute Gasteiger partial charge is 0.495 e. The van der Waals surface area contributed by atoms with Crippen molar-refractivity contribution in [1.29, 1.82) is 0 Å². The average molecular weight is 382 g/mol. The van der Waals surface area contributed by atoms with Crippen molar-refractivity contribution in [3.05, 3.63) is 45.6 Å². The van der Waals surface area contributed by atoms with Crippen LogP contribution < -0.4 is 15.1 Å². The summed E-state index contributed by atoms with van der Waals surface area (Å²) in [5.74, 6) is 0.297. The van der Waals surface area contributed by atoms with Gasteiger partial charge in [-0.05, 0) is 24.3 Å². The minimum absolute atomic E-state index is 0.128. The van der Waals surface area contributed by atoms with Crippen molar-refractivity contribution in [2.45, 2.75) is 0 Å². The number of hydrazone groups is 1. The number of hydrogen-bond acceptors (Lipinski definition) is 6. The van der Waals surface area contributed by atoms with E-state index in [2.05, 4.69) is 10.5 Å². The molecule has 0 radical (unpaired) electrons. The second-order valence-electron chi connectivity index (χ2n) is 4.63. The third-order valence-corrected chi connectivity index (χ3v) is 5.29. The standard InChI is InChI=1S/C15H12ClN3O3S2/c1-22-10-5-3-2-4-9(10)19-13(20)8-23-15(19)18-17-14(21)11-6-7-12(16)24-11/h2-7H,8H2,1H3,(H,17,21)/b18-15+. The number of nitrogens with one attached hydrogen (secondary N) is 1. The Morgan fingerprint density at radius 3 is 2.83 bits per heavy atom.